The number of halogens is 1. The Morgan fingerprint density at radius 1 is 1.35 bits per heavy atom. The summed E-state index contributed by atoms with van der Waals surface area (Å²) in [5, 5.41) is 28.5. The average Bonchev–Trinajstić information content (AvgIpc) is 3.13. The highest BCUT2D eigenvalue weighted by Gasteiger charge is 2.29. The van der Waals surface area contributed by atoms with Gasteiger partial charge in [0.1, 0.15) is 11.2 Å². The van der Waals surface area contributed by atoms with Crippen molar-refractivity contribution in [1.82, 2.24) is 20.1 Å². The Morgan fingerprint density at radius 2 is 2.16 bits per heavy atom. The molecule has 1 aliphatic carbocycles. The van der Waals surface area contributed by atoms with Crippen LogP contribution in [-0.2, 0) is 6.54 Å². The predicted molar refractivity (Wildman–Crippen MR) is 112 cm³/mol. The number of fused-ring (bicyclic) bond motifs is 1. The molecule has 4 rings (SSSR count). The fraction of sp³-hybridized carbons (Fsp3) is 0.333. The van der Waals surface area contributed by atoms with E-state index in [0.717, 1.165) is 25.7 Å². The van der Waals surface area contributed by atoms with E-state index >= 15 is 0 Å². The van der Waals surface area contributed by atoms with E-state index in [1.165, 1.54) is 18.2 Å². The molecule has 1 amide bonds. The van der Waals surface area contributed by atoms with Crippen molar-refractivity contribution in [3.63, 3.8) is 0 Å². The molecule has 160 valence electrons. The lowest BCUT2D eigenvalue weighted by atomic mass is 9.85. The van der Waals surface area contributed by atoms with Crippen LogP contribution in [0.3, 0.4) is 0 Å². The number of nitrogens with one attached hydrogen (secondary N) is 3. The fourth-order valence-corrected chi connectivity index (χ4v) is 4.09. The van der Waals surface area contributed by atoms with Crippen LogP contribution in [0.25, 0.3) is 10.9 Å². The zero-order valence-corrected chi connectivity index (χ0v) is 16.6. The van der Waals surface area contributed by atoms with E-state index < -0.39 is 11.9 Å². The van der Waals surface area contributed by atoms with Gasteiger partial charge in [0.05, 0.1) is 23.5 Å². The number of hydrogen-bond acceptors (Lipinski definition) is 5. The average molecular weight is 424 g/mol. The van der Waals surface area contributed by atoms with Crippen molar-refractivity contribution in [3.8, 4) is 6.07 Å². The summed E-state index contributed by atoms with van der Waals surface area (Å²) in [6, 6.07) is 8.15. The minimum atomic E-state index is -1.26. The van der Waals surface area contributed by atoms with Crippen LogP contribution in [0, 0.1) is 23.1 Å². The zero-order chi connectivity index (χ0) is 22.0. The number of rotatable bonds is 5. The number of benzene rings is 1. The van der Waals surface area contributed by atoms with Gasteiger partial charge in [-0.25, -0.2) is 9.18 Å². The van der Waals surface area contributed by atoms with Gasteiger partial charge >= 0.3 is 6.09 Å². The molecule has 2 aromatic heterocycles. The molecular weight excluding hydrogens is 403 g/mol. The summed E-state index contributed by atoms with van der Waals surface area (Å²) in [4.78, 5) is 26.0. The third-order valence-corrected chi connectivity index (χ3v) is 5.58. The van der Waals surface area contributed by atoms with Crippen LogP contribution >= 0.6 is 0 Å². The number of pyridine rings is 1. The summed E-state index contributed by atoms with van der Waals surface area (Å²) >= 11 is 0. The molecule has 0 saturated heterocycles. The maximum Gasteiger partial charge on any atom is 0.404 e. The first-order valence-electron chi connectivity index (χ1n) is 9.99. The monoisotopic (exact) mass is 424 g/mol. The van der Waals surface area contributed by atoms with Crippen molar-refractivity contribution in [2.75, 3.05) is 5.32 Å². The van der Waals surface area contributed by atoms with Gasteiger partial charge in [0.25, 0.3) is 5.56 Å². The molecule has 1 aromatic carbocycles. The highest BCUT2D eigenvalue weighted by Crippen LogP contribution is 2.36. The van der Waals surface area contributed by atoms with Crippen LogP contribution in [0.5, 0.6) is 0 Å². The Labute approximate surface area is 176 Å². The lowest BCUT2D eigenvalue weighted by molar-refractivity contribution is 0.194. The Hall–Kier alpha value is -3.87. The van der Waals surface area contributed by atoms with Crippen molar-refractivity contribution < 1.29 is 14.3 Å². The molecule has 0 unspecified atom stereocenters. The number of anilines is 2. The Kier molecular flexibility index (Phi) is 5.58. The van der Waals surface area contributed by atoms with Gasteiger partial charge in [0, 0.05) is 24.0 Å². The quantitative estimate of drug-likeness (QED) is 0.494. The summed E-state index contributed by atoms with van der Waals surface area (Å²) in [7, 11) is 0. The first-order valence-corrected chi connectivity index (χ1v) is 9.99. The number of carboxylic acid groups (broad SMARTS) is 1. The van der Waals surface area contributed by atoms with Gasteiger partial charge < -0.3 is 20.7 Å². The number of H-pyrrole nitrogens is 1. The zero-order valence-electron chi connectivity index (χ0n) is 16.6. The molecule has 4 N–H and O–H groups in total. The number of aromatic amines is 1. The van der Waals surface area contributed by atoms with Gasteiger partial charge in [-0.05, 0) is 37.1 Å². The van der Waals surface area contributed by atoms with E-state index in [4.69, 9.17) is 5.11 Å². The molecule has 0 bridgehead atoms. The molecule has 0 aliphatic heterocycles. The third-order valence-electron chi connectivity index (χ3n) is 5.58. The molecule has 3 aromatic rings. The van der Waals surface area contributed by atoms with Crippen LogP contribution < -0.4 is 16.2 Å². The lowest BCUT2D eigenvalue weighted by Gasteiger charge is -2.27. The first kappa shape index (κ1) is 20.4. The van der Waals surface area contributed by atoms with Crippen LogP contribution in [0.4, 0.5) is 20.7 Å². The molecule has 1 fully saturated rings. The standard InChI is InChI=1S/C21H21FN6O3/c22-15-6-5-14(9-13(15)11-25-21(30)31)26-19-18-17(7-8-24-20(18)29)28(27-19)16-4-2-1-3-12(16)10-23/h5-9,12,16,25H,1-4,11H2,(H,24,29)(H,26,27)(H,30,31)/t12-,16+/m1/s1. The molecule has 31 heavy (non-hydrogen) atoms. The van der Waals surface area contributed by atoms with E-state index in [0.29, 0.717) is 22.4 Å². The largest absolute Gasteiger partial charge is 0.465 e. The number of nitrogens with zero attached hydrogens (tertiary/aromatic N) is 3. The van der Waals surface area contributed by atoms with Crippen LogP contribution in [0.15, 0.2) is 35.3 Å². The minimum absolute atomic E-state index is 0.137. The highest BCUT2D eigenvalue weighted by molar-refractivity contribution is 5.91. The summed E-state index contributed by atoms with van der Waals surface area (Å²) in [6.07, 6.45) is 3.84. The summed E-state index contributed by atoms with van der Waals surface area (Å²) < 4.78 is 15.8. The third kappa shape index (κ3) is 4.07. The van der Waals surface area contributed by atoms with Crippen molar-refractivity contribution in [2.24, 2.45) is 5.92 Å². The van der Waals surface area contributed by atoms with Gasteiger partial charge in [0.2, 0.25) is 0 Å². The summed E-state index contributed by atoms with van der Waals surface area (Å²) in [5.41, 5.74) is 0.902. The Morgan fingerprint density at radius 3 is 2.94 bits per heavy atom. The number of carbonyl (C=O) groups is 1. The normalized spacial score (nSPS) is 18.5. The lowest BCUT2D eigenvalue weighted by Crippen LogP contribution is -2.23. The second-order valence-corrected chi connectivity index (χ2v) is 7.54. The number of aromatic nitrogens is 3. The van der Waals surface area contributed by atoms with Gasteiger partial charge in [-0.2, -0.15) is 10.4 Å². The Balaban J connectivity index is 1.74. The van der Waals surface area contributed by atoms with Gasteiger partial charge in [-0.15, -0.1) is 0 Å². The highest BCUT2D eigenvalue weighted by atomic mass is 19.1. The van der Waals surface area contributed by atoms with E-state index in [1.54, 1.807) is 16.9 Å². The van der Waals surface area contributed by atoms with Gasteiger partial charge in [-0.3, -0.25) is 9.48 Å². The number of amides is 1. The van der Waals surface area contributed by atoms with Crippen LogP contribution in [0.2, 0.25) is 0 Å². The topological polar surface area (TPSA) is 136 Å². The molecule has 1 saturated carbocycles. The summed E-state index contributed by atoms with van der Waals surface area (Å²) in [5.74, 6) is -0.446. The summed E-state index contributed by atoms with van der Waals surface area (Å²) in [6.45, 7) is -0.196. The maximum absolute atomic E-state index is 14.0. The van der Waals surface area contributed by atoms with Crippen molar-refractivity contribution >= 4 is 28.5 Å². The molecule has 0 radical (unpaired) electrons. The smallest absolute Gasteiger partial charge is 0.404 e. The molecule has 9 nitrogen and oxygen atoms in total. The van der Waals surface area contributed by atoms with Crippen molar-refractivity contribution in [3.05, 3.63) is 52.2 Å². The Bertz CT molecular complexity index is 1230. The first-order chi connectivity index (χ1) is 15.0. The molecule has 2 atom stereocenters. The van der Waals surface area contributed by atoms with Crippen LogP contribution in [-0.4, -0.2) is 26.0 Å². The van der Waals surface area contributed by atoms with Crippen molar-refractivity contribution in [2.45, 2.75) is 38.3 Å². The second kappa shape index (κ2) is 8.47. The fourth-order valence-electron chi connectivity index (χ4n) is 4.09. The molecule has 10 heteroatoms. The molecular formula is C21H21FN6O3. The maximum atomic E-state index is 14.0. The minimum Gasteiger partial charge on any atom is -0.465 e. The van der Waals surface area contributed by atoms with Crippen molar-refractivity contribution in [1.29, 1.82) is 5.26 Å². The van der Waals surface area contributed by atoms with E-state index in [2.05, 4.69) is 26.8 Å². The van der Waals surface area contributed by atoms with E-state index in [9.17, 15) is 19.2 Å². The SMILES string of the molecule is N#C[C@H]1CCCC[C@@H]1n1nc(Nc2ccc(F)c(CNC(=O)O)c2)c2c(=O)[nH]ccc21. The second-order valence-electron chi connectivity index (χ2n) is 7.54. The predicted octanol–water partition coefficient (Wildman–Crippen LogP) is 3.63. The molecule has 2 heterocycles. The number of hydrogen-bond donors (Lipinski definition) is 4. The van der Waals surface area contributed by atoms with E-state index in [-0.39, 0.29) is 29.6 Å². The molecule has 0 spiro atoms. The van der Waals surface area contributed by atoms with Crippen LogP contribution in [0.1, 0.15) is 37.3 Å². The molecule has 1 aliphatic rings. The van der Waals surface area contributed by atoms with E-state index in [1.807, 2.05) is 0 Å². The van der Waals surface area contributed by atoms with Gasteiger partial charge in [-0.1, -0.05) is 12.8 Å². The van der Waals surface area contributed by atoms with Gasteiger partial charge in [0.15, 0.2) is 5.82 Å². The number of nitriles is 1.